The number of hydrazine groups is 1. The first-order chi connectivity index (χ1) is 8.61. The SMILES string of the molecule is Cn1nnc(Br)c1C(Cc1cccc(Cl)c1)NN. The van der Waals surface area contributed by atoms with Gasteiger partial charge in [0.05, 0.1) is 11.7 Å². The first kappa shape index (κ1) is 13.5. The fourth-order valence-electron chi connectivity index (χ4n) is 1.84. The Morgan fingerprint density at radius 1 is 1.56 bits per heavy atom. The maximum absolute atomic E-state index is 5.97. The molecule has 96 valence electrons. The maximum atomic E-state index is 5.97. The second kappa shape index (κ2) is 5.79. The van der Waals surface area contributed by atoms with E-state index >= 15 is 0 Å². The van der Waals surface area contributed by atoms with E-state index in [0.29, 0.717) is 16.0 Å². The third kappa shape index (κ3) is 2.89. The molecular formula is C11H13BrClN5. The normalized spacial score (nSPS) is 12.7. The van der Waals surface area contributed by atoms with Gasteiger partial charge in [0.15, 0.2) is 4.60 Å². The summed E-state index contributed by atoms with van der Waals surface area (Å²) in [6.45, 7) is 0. The minimum absolute atomic E-state index is 0.0853. The molecule has 3 N–H and O–H groups in total. The zero-order chi connectivity index (χ0) is 13.1. The molecule has 0 aliphatic carbocycles. The number of nitrogens with zero attached hydrogens (tertiary/aromatic N) is 3. The average molecular weight is 331 g/mol. The summed E-state index contributed by atoms with van der Waals surface area (Å²) in [7, 11) is 1.83. The Morgan fingerprint density at radius 2 is 2.33 bits per heavy atom. The van der Waals surface area contributed by atoms with Crippen LogP contribution in [0.25, 0.3) is 0 Å². The van der Waals surface area contributed by atoms with Crippen LogP contribution < -0.4 is 11.3 Å². The molecule has 0 aliphatic rings. The van der Waals surface area contributed by atoms with Crippen molar-refractivity contribution in [3.63, 3.8) is 0 Å². The quantitative estimate of drug-likeness (QED) is 0.664. The van der Waals surface area contributed by atoms with E-state index in [2.05, 4.69) is 31.7 Å². The highest BCUT2D eigenvalue weighted by atomic mass is 79.9. The molecule has 1 heterocycles. The van der Waals surface area contributed by atoms with E-state index in [1.54, 1.807) is 4.68 Å². The van der Waals surface area contributed by atoms with Crippen LogP contribution in [-0.4, -0.2) is 15.0 Å². The van der Waals surface area contributed by atoms with Crippen LogP contribution in [0.2, 0.25) is 5.02 Å². The summed E-state index contributed by atoms with van der Waals surface area (Å²) in [5.74, 6) is 5.61. The van der Waals surface area contributed by atoms with Crippen molar-refractivity contribution in [2.45, 2.75) is 12.5 Å². The lowest BCUT2D eigenvalue weighted by molar-refractivity contribution is 0.505. The molecule has 2 rings (SSSR count). The number of nitrogens with two attached hydrogens (primary N) is 1. The number of hydrogen-bond donors (Lipinski definition) is 2. The van der Waals surface area contributed by atoms with E-state index in [1.165, 1.54) is 0 Å². The zero-order valence-corrected chi connectivity index (χ0v) is 12.1. The predicted molar refractivity (Wildman–Crippen MR) is 73.9 cm³/mol. The summed E-state index contributed by atoms with van der Waals surface area (Å²) in [5, 5.41) is 8.61. The third-order valence-electron chi connectivity index (χ3n) is 2.69. The Morgan fingerprint density at radius 3 is 2.89 bits per heavy atom. The monoisotopic (exact) mass is 329 g/mol. The summed E-state index contributed by atoms with van der Waals surface area (Å²) in [6.07, 6.45) is 0.705. The average Bonchev–Trinajstić information content (AvgIpc) is 2.67. The molecule has 0 saturated carbocycles. The van der Waals surface area contributed by atoms with E-state index in [4.69, 9.17) is 17.4 Å². The molecule has 1 atom stereocenters. The van der Waals surface area contributed by atoms with Gasteiger partial charge < -0.3 is 0 Å². The van der Waals surface area contributed by atoms with Crippen molar-refractivity contribution < 1.29 is 0 Å². The number of aryl methyl sites for hydroxylation is 1. The second-order valence-electron chi connectivity index (χ2n) is 3.94. The number of hydrogen-bond acceptors (Lipinski definition) is 4. The van der Waals surface area contributed by atoms with Crippen LogP contribution in [0.3, 0.4) is 0 Å². The Kier molecular flexibility index (Phi) is 4.34. The molecule has 1 unspecified atom stereocenters. The van der Waals surface area contributed by atoms with Crippen molar-refractivity contribution in [1.82, 2.24) is 20.4 Å². The molecule has 0 bridgehead atoms. The van der Waals surface area contributed by atoms with Gasteiger partial charge in [-0.2, -0.15) is 0 Å². The summed E-state index contributed by atoms with van der Waals surface area (Å²) in [6, 6.07) is 7.61. The third-order valence-corrected chi connectivity index (χ3v) is 3.49. The van der Waals surface area contributed by atoms with Gasteiger partial charge in [0, 0.05) is 12.1 Å². The van der Waals surface area contributed by atoms with Gasteiger partial charge in [-0.1, -0.05) is 28.9 Å². The maximum Gasteiger partial charge on any atom is 0.153 e. The Balaban J connectivity index is 2.25. The van der Waals surface area contributed by atoms with Crippen molar-refractivity contribution in [1.29, 1.82) is 0 Å². The molecular weight excluding hydrogens is 318 g/mol. The van der Waals surface area contributed by atoms with Gasteiger partial charge in [-0.15, -0.1) is 5.10 Å². The molecule has 1 aromatic heterocycles. The van der Waals surface area contributed by atoms with Gasteiger partial charge in [0.2, 0.25) is 0 Å². The molecule has 0 amide bonds. The second-order valence-corrected chi connectivity index (χ2v) is 5.13. The minimum atomic E-state index is -0.0853. The first-order valence-corrected chi connectivity index (χ1v) is 6.54. The van der Waals surface area contributed by atoms with Crippen molar-refractivity contribution in [2.75, 3.05) is 0 Å². The highest BCUT2D eigenvalue weighted by Crippen LogP contribution is 2.24. The first-order valence-electron chi connectivity index (χ1n) is 5.37. The number of nitrogens with one attached hydrogen (secondary N) is 1. The van der Waals surface area contributed by atoms with E-state index in [1.807, 2.05) is 31.3 Å². The van der Waals surface area contributed by atoms with Crippen LogP contribution in [0, 0.1) is 0 Å². The van der Waals surface area contributed by atoms with Crippen LogP contribution >= 0.6 is 27.5 Å². The molecule has 0 saturated heterocycles. The molecule has 7 heteroatoms. The van der Waals surface area contributed by atoms with E-state index in [9.17, 15) is 0 Å². The lowest BCUT2D eigenvalue weighted by Gasteiger charge is -2.16. The zero-order valence-electron chi connectivity index (χ0n) is 9.77. The van der Waals surface area contributed by atoms with Gasteiger partial charge in [0.1, 0.15) is 0 Å². The van der Waals surface area contributed by atoms with Crippen LogP contribution in [-0.2, 0) is 13.5 Å². The standard InChI is InChI=1S/C11H13BrClN5/c1-18-10(11(12)16-17-18)9(15-14)6-7-3-2-4-8(13)5-7/h2-5,9,15H,6,14H2,1H3. The fraction of sp³-hybridized carbons (Fsp3) is 0.273. The molecule has 18 heavy (non-hydrogen) atoms. The topological polar surface area (TPSA) is 68.8 Å². The minimum Gasteiger partial charge on any atom is -0.271 e. The number of halogens is 2. The van der Waals surface area contributed by atoms with E-state index < -0.39 is 0 Å². The molecule has 1 aromatic carbocycles. The number of rotatable bonds is 4. The fourth-order valence-corrected chi connectivity index (χ4v) is 2.66. The lowest BCUT2D eigenvalue weighted by atomic mass is 10.0. The lowest BCUT2D eigenvalue weighted by Crippen LogP contribution is -2.31. The number of benzene rings is 1. The largest absolute Gasteiger partial charge is 0.271 e. The van der Waals surface area contributed by atoms with Crippen LogP contribution in [0.5, 0.6) is 0 Å². The van der Waals surface area contributed by atoms with Gasteiger partial charge >= 0.3 is 0 Å². The van der Waals surface area contributed by atoms with Crippen LogP contribution in [0.4, 0.5) is 0 Å². The van der Waals surface area contributed by atoms with Gasteiger partial charge in [0.25, 0.3) is 0 Å². The molecule has 2 aromatic rings. The highest BCUT2D eigenvalue weighted by molar-refractivity contribution is 9.10. The smallest absolute Gasteiger partial charge is 0.153 e. The molecule has 0 spiro atoms. The summed E-state index contributed by atoms with van der Waals surface area (Å²) in [4.78, 5) is 0. The Bertz CT molecular complexity index is 522. The predicted octanol–water partition coefficient (Wildman–Crippen LogP) is 1.98. The van der Waals surface area contributed by atoms with Gasteiger partial charge in [-0.25, -0.2) is 4.68 Å². The van der Waals surface area contributed by atoms with Crippen molar-refractivity contribution in [3.8, 4) is 0 Å². The van der Waals surface area contributed by atoms with E-state index in [0.717, 1.165) is 11.3 Å². The number of aromatic nitrogens is 3. The molecule has 5 nitrogen and oxygen atoms in total. The summed E-state index contributed by atoms with van der Waals surface area (Å²) in [5.41, 5.74) is 4.78. The molecule has 0 aliphatic heterocycles. The van der Waals surface area contributed by atoms with Crippen LogP contribution in [0.1, 0.15) is 17.3 Å². The van der Waals surface area contributed by atoms with Gasteiger partial charge in [-0.05, 0) is 40.0 Å². The molecule has 0 fully saturated rings. The van der Waals surface area contributed by atoms with Gasteiger partial charge in [-0.3, -0.25) is 11.3 Å². The summed E-state index contributed by atoms with van der Waals surface area (Å²) < 4.78 is 2.38. The molecule has 0 radical (unpaired) electrons. The highest BCUT2D eigenvalue weighted by Gasteiger charge is 2.19. The van der Waals surface area contributed by atoms with Crippen molar-refractivity contribution in [2.24, 2.45) is 12.9 Å². The Hall–Kier alpha value is -0.950. The van der Waals surface area contributed by atoms with E-state index in [-0.39, 0.29) is 6.04 Å². The Labute approximate surface area is 118 Å². The summed E-state index contributed by atoms with van der Waals surface area (Å²) >= 11 is 9.34. The van der Waals surface area contributed by atoms with Crippen molar-refractivity contribution >= 4 is 27.5 Å². The van der Waals surface area contributed by atoms with Crippen LogP contribution in [0.15, 0.2) is 28.9 Å². The van der Waals surface area contributed by atoms with Crippen molar-refractivity contribution in [3.05, 3.63) is 45.1 Å².